The Morgan fingerprint density at radius 2 is 2.00 bits per heavy atom. The van der Waals surface area contributed by atoms with Crippen molar-refractivity contribution in [2.24, 2.45) is 5.84 Å². The lowest BCUT2D eigenvalue weighted by atomic mass is 10.3. The van der Waals surface area contributed by atoms with Crippen molar-refractivity contribution in [1.29, 1.82) is 0 Å². The second kappa shape index (κ2) is 5.49. The molecule has 0 saturated heterocycles. The zero-order valence-electron chi connectivity index (χ0n) is 10.6. The van der Waals surface area contributed by atoms with Gasteiger partial charge in [-0.1, -0.05) is 0 Å². The quantitative estimate of drug-likeness (QED) is 0.645. The van der Waals surface area contributed by atoms with Crippen LogP contribution in [0, 0.1) is 5.82 Å². The summed E-state index contributed by atoms with van der Waals surface area (Å²) in [7, 11) is 3.29. The molecule has 1 aromatic heterocycles. The highest BCUT2D eigenvalue weighted by atomic mass is 19.1. The van der Waals surface area contributed by atoms with Crippen molar-refractivity contribution in [2.75, 3.05) is 24.5 Å². The van der Waals surface area contributed by atoms with Crippen molar-refractivity contribution in [2.45, 2.75) is 0 Å². The second-order valence-electron chi connectivity index (χ2n) is 3.77. The molecule has 2 rings (SSSR count). The average Bonchev–Trinajstić information content (AvgIpc) is 2.47. The molecule has 0 aliphatic heterocycles. The molecule has 0 amide bonds. The number of hydrogen-bond donors (Lipinski definition) is 2. The van der Waals surface area contributed by atoms with E-state index in [4.69, 9.17) is 10.6 Å². The lowest BCUT2D eigenvalue weighted by molar-refractivity contribution is 0.415. The standard InChI is InChI=1S/C12H14FN5O/c1-18(8-3-5-9(19-2)6-4-8)11-10(13)7-15-12(16-11)17-14/h3-7H,14H2,1-2H3,(H,15,16,17). The molecule has 0 aliphatic carbocycles. The van der Waals surface area contributed by atoms with Gasteiger partial charge in [-0.2, -0.15) is 4.98 Å². The molecule has 19 heavy (non-hydrogen) atoms. The minimum absolute atomic E-state index is 0.133. The van der Waals surface area contributed by atoms with E-state index < -0.39 is 5.82 Å². The van der Waals surface area contributed by atoms with Gasteiger partial charge in [0.1, 0.15) is 5.75 Å². The van der Waals surface area contributed by atoms with Crippen LogP contribution in [0.1, 0.15) is 0 Å². The number of hydrogen-bond acceptors (Lipinski definition) is 6. The molecule has 3 N–H and O–H groups in total. The summed E-state index contributed by atoms with van der Waals surface area (Å²) in [5, 5.41) is 0. The number of nitrogens with two attached hydrogens (primary N) is 1. The number of rotatable bonds is 4. The van der Waals surface area contributed by atoms with Gasteiger partial charge in [0.25, 0.3) is 0 Å². The summed E-state index contributed by atoms with van der Waals surface area (Å²) in [5.41, 5.74) is 3.05. The normalized spacial score (nSPS) is 10.1. The number of aromatic nitrogens is 2. The fourth-order valence-electron chi connectivity index (χ4n) is 1.59. The zero-order valence-corrected chi connectivity index (χ0v) is 10.6. The first-order valence-electron chi connectivity index (χ1n) is 5.52. The lowest BCUT2D eigenvalue weighted by Gasteiger charge is -2.19. The second-order valence-corrected chi connectivity index (χ2v) is 3.77. The van der Waals surface area contributed by atoms with Crippen molar-refractivity contribution >= 4 is 17.5 Å². The molecule has 0 fully saturated rings. The van der Waals surface area contributed by atoms with Crippen LogP contribution in [0.2, 0.25) is 0 Å². The van der Waals surface area contributed by atoms with Gasteiger partial charge < -0.3 is 9.64 Å². The molecule has 6 nitrogen and oxygen atoms in total. The average molecular weight is 263 g/mol. The van der Waals surface area contributed by atoms with E-state index >= 15 is 0 Å². The molecule has 0 radical (unpaired) electrons. The summed E-state index contributed by atoms with van der Waals surface area (Å²) in [4.78, 5) is 9.27. The van der Waals surface area contributed by atoms with Gasteiger partial charge in [0, 0.05) is 12.7 Å². The topological polar surface area (TPSA) is 76.3 Å². The number of nitrogen functional groups attached to an aromatic ring is 1. The molecular formula is C12H14FN5O. The maximum atomic E-state index is 13.7. The lowest BCUT2D eigenvalue weighted by Crippen LogP contribution is -2.17. The van der Waals surface area contributed by atoms with E-state index in [1.807, 2.05) is 0 Å². The summed E-state index contributed by atoms with van der Waals surface area (Å²) in [6.07, 6.45) is 1.07. The van der Waals surface area contributed by atoms with Gasteiger partial charge in [-0.15, -0.1) is 0 Å². The van der Waals surface area contributed by atoms with E-state index in [1.165, 1.54) is 0 Å². The Labute approximate surface area is 110 Å². The zero-order chi connectivity index (χ0) is 13.8. The van der Waals surface area contributed by atoms with Gasteiger partial charge in [-0.25, -0.2) is 15.2 Å². The van der Waals surface area contributed by atoms with Gasteiger partial charge in [-0.3, -0.25) is 5.43 Å². The predicted octanol–water partition coefficient (Wildman–Crippen LogP) is 1.68. The fourth-order valence-corrected chi connectivity index (χ4v) is 1.59. The van der Waals surface area contributed by atoms with E-state index in [9.17, 15) is 4.39 Å². The number of methoxy groups -OCH3 is 1. The summed E-state index contributed by atoms with van der Waals surface area (Å²) in [6, 6.07) is 7.17. The van der Waals surface area contributed by atoms with Gasteiger partial charge >= 0.3 is 0 Å². The van der Waals surface area contributed by atoms with E-state index in [-0.39, 0.29) is 11.8 Å². The van der Waals surface area contributed by atoms with Crippen LogP contribution in [0.4, 0.5) is 21.8 Å². The Hall–Kier alpha value is -2.41. The number of benzene rings is 1. The van der Waals surface area contributed by atoms with Crippen LogP contribution in [0.3, 0.4) is 0 Å². The Morgan fingerprint density at radius 1 is 1.32 bits per heavy atom. The Balaban J connectivity index is 2.34. The minimum Gasteiger partial charge on any atom is -0.497 e. The number of nitrogens with one attached hydrogen (secondary N) is 1. The van der Waals surface area contributed by atoms with Crippen molar-refractivity contribution in [3.05, 3.63) is 36.3 Å². The van der Waals surface area contributed by atoms with Crippen molar-refractivity contribution < 1.29 is 9.13 Å². The number of ether oxygens (including phenoxy) is 1. The summed E-state index contributed by atoms with van der Waals surface area (Å²) < 4.78 is 18.8. The van der Waals surface area contributed by atoms with Crippen LogP contribution in [0.25, 0.3) is 0 Å². The molecular weight excluding hydrogens is 249 g/mol. The summed E-state index contributed by atoms with van der Waals surface area (Å²) >= 11 is 0. The third kappa shape index (κ3) is 2.71. The Morgan fingerprint density at radius 3 is 2.58 bits per heavy atom. The van der Waals surface area contributed by atoms with Crippen LogP contribution in [0.15, 0.2) is 30.5 Å². The minimum atomic E-state index is -0.530. The summed E-state index contributed by atoms with van der Waals surface area (Å²) in [5.74, 6) is 5.69. The SMILES string of the molecule is COc1ccc(N(C)c2nc(NN)ncc2F)cc1. The third-order valence-electron chi connectivity index (χ3n) is 2.63. The molecule has 0 unspecified atom stereocenters. The highest BCUT2D eigenvalue weighted by Crippen LogP contribution is 2.26. The molecule has 100 valence electrons. The van der Waals surface area contributed by atoms with E-state index in [0.717, 1.165) is 17.6 Å². The van der Waals surface area contributed by atoms with Gasteiger partial charge in [-0.05, 0) is 24.3 Å². The molecule has 0 bridgehead atoms. The first-order valence-corrected chi connectivity index (χ1v) is 5.52. The Kier molecular flexibility index (Phi) is 3.76. The molecule has 1 aromatic carbocycles. The van der Waals surface area contributed by atoms with Crippen LogP contribution >= 0.6 is 0 Å². The van der Waals surface area contributed by atoms with Gasteiger partial charge in [0.15, 0.2) is 11.6 Å². The monoisotopic (exact) mass is 263 g/mol. The highest BCUT2D eigenvalue weighted by Gasteiger charge is 2.13. The predicted molar refractivity (Wildman–Crippen MR) is 70.9 cm³/mol. The van der Waals surface area contributed by atoms with Gasteiger partial charge in [0.05, 0.1) is 13.3 Å². The molecule has 0 spiro atoms. The van der Waals surface area contributed by atoms with Crippen molar-refractivity contribution in [3.8, 4) is 5.75 Å². The fraction of sp³-hybridized carbons (Fsp3) is 0.167. The smallest absolute Gasteiger partial charge is 0.239 e. The molecule has 0 saturated carbocycles. The highest BCUT2D eigenvalue weighted by molar-refractivity contribution is 5.61. The summed E-state index contributed by atoms with van der Waals surface area (Å²) in [6.45, 7) is 0. The van der Waals surface area contributed by atoms with Crippen LogP contribution in [-0.4, -0.2) is 24.1 Å². The van der Waals surface area contributed by atoms with Crippen LogP contribution < -0.4 is 20.9 Å². The van der Waals surface area contributed by atoms with E-state index in [1.54, 1.807) is 43.3 Å². The van der Waals surface area contributed by atoms with E-state index in [0.29, 0.717) is 0 Å². The molecule has 2 aromatic rings. The molecule has 0 aliphatic rings. The van der Waals surface area contributed by atoms with Gasteiger partial charge in [0.2, 0.25) is 5.95 Å². The first-order chi connectivity index (χ1) is 9.15. The number of halogens is 1. The van der Waals surface area contributed by atoms with Crippen molar-refractivity contribution in [3.63, 3.8) is 0 Å². The van der Waals surface area contributed by atoms with Crippen LogP contribution in [0.5, 0.6) is 5.75 Å². The Bertz CT molecular complexity index is 561. The molecule has 0 atom stereocenters. The first kappa shape index (κ1) is 13.0. The number of hydrazine groups is 1. The van der Waals surface area contributed by atoms with E-state index in [2.05, 4.69) is 15.4 Å². The maximum absolute atomic E-state index is 13.7. The number of anilines is 3. The third-order valence-corrected chi connectivity index (χ3v) is 2.63. The largest absolute Gasteiger partial charge is 0.497 e. The van der Waals surface area contributed by atoms with Crippen molar-refractivity contribution in [1.82, 2.24) is 9.97 Å². The maximum Gasteiger partial charge on any atom is 0.239 e. The molecule has 1 heterocycles. The molecule has 7 heteroatoms. The van der Waals surface area contributed by atoms with Crippen LogP contribution in [-0.2, 0) is 0 Å². The number of nitrogens with zero attached hydrogens (tertiary/aromatic N) is 3.